The summed E-state index contributed by atoms with van der Waals surface area (Å²) in [6.45, 7) is 8.49. The van der Waals surface area contributed by atoms with Crippen LogP contribution in [0.25, 0.3) is 0 Å². The molecule has 3 heteroatoms. The fourth-order valence-corrected chi connectivity index (χ4v) is 3.21. The number of nitrogens with two attached hydrogens (primary N) is 1. The number of benzene rings is 1. The third kappa shape index (κ3) is 4.31. The molecule has 0 spiro atoms. The molecule has 0 saturated carbocycles. The van der Waals surface area contributed by atoms with Crippen LogP contribution in [0.1, 0.15) is 45.6 Å². The minimum Gasteiger partial charge on any atom is -0.329 e. The van der Waals surface area contributed by atoms with Crippen molar-refractivity contribution in [3.8, 4) is 0 Å². The normalized spacial score (nSPS) is 16.1. The molecule has 2 unspecified atom stereocenters. The van der Waals surface area contributed by atoms with Crippen molar-refractivity contribution in [2.75, 3.05) is 13.6 Å². The van der Waals surface area contributed by atoms with Gasteiger partial charge in [-0.3, -0.25) is 4.90 Å². The Hall–Kier alpha value is -0.380. The van der Waals surface area contributed by atoms with E-state index in [0.717, 1.165) is 25.9 Å². The topological polar surface area (TPSA) is 29.3 Å². The number of halogens is 1. The molecule has 0 aliphatic heterocycles. The molecule has 2 nitrogen and oxygen atoms in total. The molecule has 0 aliphatic rings. The van der Waals surface area contributed by atoms with Crippen LogP contribution in [-0.2, 0) is 6.54 Å². The molecule has 1 aromatic rings. The molecule has 0 aromatic heterocycles. The molecule has 0 aliphatic carbocycles. The first-order chi connectivity index (χ1) is 9.49. The Bertz CT molecular complexity index is 402. The van der Waals surface area contributed by atoms with Crippen molar-refractivity contribution in [1.29, 1.82) is 0 Å². The predicted molar refractivity (Wildman–Crippen MR) is 91.8 cm³/mol. The predicted octanol–water partition coefficient (Wildman–Crippen LogP) is 4.42. The second kappa shape index (κ2) is 8.16. The Morgan fingerprint density at radius 2 is 1.95 bits per heavy atom. The smallest absolute Gasteiger partial charge is 0.0332 e. The second-order valence-electron chi connectivity index (χ2n) is 5.95. The van der Waals surface area contributed by atoms with Gasteiger partial charge in [-0.25, -0.2) is 0 Å². The minimum atomic E-state index is 0.102. The Balaban J connectivity index is 2.88. The first-order valence-corrected chi connectivity index (χ1v) is 8.43. The molecular formula is C17H29BrN2. The van der Waals surface area contributed by atoms with Crippen LogP contribution in [0.15, 0.2) is 28.7 Å². The lowest BCUT2D eigenvalue weighted by atomic mass is 9.83. The van der Waals surface area contributed by atoms with Crippen LogP contribution in [0.5, 0.6) is 0 Å². The summed E-state index contributed by atoms with van der Waals surface area (Å²) in [7, 11) is 2.21. The van der Waals surface area contributed by atoms with Gasteiger partial charge in [-0.15, -0.1) is 0 Å². The lowest BCUT2D eigenvalue weighted by Gasteiger charge is -2.42. The highest BCUT2D eigenvalue weighted by molar-refractivity contribution is 9.10. The maximum absolute atomic E-state index is 6.16. The van der Waals surface area contributed by atoms with Crippen LogP contribution in [0.4, 0.5) is 0 Å². The van der Waals surface area contributed by atoms with E-state index >= 15 is 0 Å². The Labute approximate surface area is 132 Å². The molecule has 0 bridgehead atoms. The van der Waals surface area contributed by atoms with Crippen LogP contribution in [0.2, 0.25) is 0 Å². The summed E-state index contributed by atoms with van der Waals surface area (Å²) >= 11 is 3.64. The first kappa shape index (κ1) is 17.7. The van der Waals surface area contributed by atoms with Crippen molar-refractivity contribution in [2.24, 2.45) is 11.7 Å². The van der Waals surface area contributed by atoms with Crippen LogP contribution >= 0.6 is 15.9 Å². The van der Waals surface area contributed by atoms with Gasteiger partial charge < -0.3 is 5.73 Å². The van der Waals surface area contributed by atoms with E-state index < -0.39 is 0 Å². The molecule has 20 heavy (non-hydrogen) atoms. The summed E-state index contributed by atoms with van der Waals surface area (Å²) in [5.41, 5.74) is 7.59. The van der Waals surface area contributed by atoms with Gasteiger partial charge in [-0.05, 0) is 37.4 Å². The van der Waals surface area contributed by atoms with Crippen molar-refractivity contribution in [3.05, 3.63) is 34.3 Å². The third-order valence-corrected chi connectivity index (χ3v) is 5.41. The molecular weight excluding hydrogens is 312 g/mol. The maximum Gasteiger partial charge on any atom is 0.0332 e. The van der Waals surface area contributed by atoms with E-state index in [1.54, 1.807) is 0 Å². The fraction of sp³-hybridized carbons (Fsp3) is 0.647. The monoisotopic (exact) mass is 340 g/mol. The number of nitrogens with zero attached hydrogens (tertiary/aromatic N) is 1. The zero-order valence-electron chi connectivity index (χ0n) is 13.3. The van der Waals surface area contributed by atoms with Gasteiger partial charge >= 0.3 is 0 Å². The lowest BCUT2D eigenvalue weighted by Crippen LogP contribution is -2.52. The number of hydrogen-bond acceptors (Lipinski definition) is 2. The summed E-state index contributed by atoms with van der Waals surface area (Å²) in [5, 5.41) is 0. The number of hydrogen-bond donors (Lipinski definition) is 1. The van der Waals surface area contributed by atoms with Crippen molar-refractivity contribution in [3.63, 3.8) is 0 Å². The van der Waals surface area contributed by atoms with E-state index in [-0.39, 0.29) is 5.54 Å². The molecule has 0 fully saturated rings. The van der Waals surface area contributed by atoms with Crippen LogP contribution < -0.4 is 5.73 Å². The van der Waals surface area contributed by atoms with Crippen molar-refractivity contribution < 1.29 is 0 Å². The van der Waals surface area contributed by atoms with E-state index in [2.05, 4.69) is 72.9 Å². The number of likely N-dealkylation sites (N-methyl/N-ethyl adjacent to an activating group) is 1. The van der Waals surface area contributed by atoms with E-state index in [1.807, 2.05) is 0 Å². The van der Waals surface area contributed by atoms with Crippen molar-refractivity contribution in [2.45, 2.75) is 52.1 Å². The second-order valence-corrected chi connectivity index (χ2v) is 6.80. The average molecular weight is 341 g/mol. The molecule has 114 valence electrons. The molecule has 0 amide bonds. The van der Waals surface area contributed by atoms with Gasteiger partial charge in [-0.1, -0.05) is 61.3 Å². The molecule has 0 radical (unpaired) electrons. The van der Waals surface area contributed by atoms with Gasteiger partial charge in [-0.2, -0.15) is 0 Å². The molecule has 2 N–H and O–H groups in total. The molecule has 0 heterocycles. The summed E-state index contributed by atoms with van der Waals surface area (Å²) in [6, 6.07) is 8.44. The van der Waals surface area contributed by atoms with Crippen LogP contribution in [0.3, 0.4) is 0 Å². The molecule has 1 rings (SSSR count). The number of rotatable bonds is 8. The Morgan fingerprint density at radius 3 is 2.45 bits per heavy atom. The van der Waals surface area contributed by atoms with Crippen LogP contribution in [-0.4, -0.2) is 24.0 Å². The average Bonchev–Trinajstić information content (AvgIpc) is 2.46. The van der Waals surface area contributed by atoms with Gasteiger partial charge in [0.2, 0.25) is 0 Å². The lowest BCUT2D eigenvalue weighted by molar-refractivity contribution is 0.0853. The Kier molecular flexibility index (Phi) is 7.21. The zero-order valence-corrected chi connectivity index (χ0v) is 14.9. The van der Waals surface area contributed by atoms with Gasteiger partial charge in [0.25, 0.3) is 0 Å². The van der Waals surface area contributed by atoms with Crippen molar-refractivity contribution >= 4 is 15.9 Å². The van der Waals surface area contributed by atoms with E-state index in [4.69, 9.17) is 5.73 Å². The summed E-state index contributed by atoms with van der Waals surface area (Å²) < 4.78 is 1.18. The zero-order chi connectivity index (χ0) is 15.2. The largest absolute Gasteiger partial charge is 0.329 e. The van der Waals surface area contributed by atoms with Gasteiger partial charge in [0.1, 0.15) is 0 Å². The fourth-order valence-electron chi connectivity index (χ4n) is 2.80. The van der Waals surface area contributed by atoms with E-state index in [0.29, 0.717) is 5.92 Å². The van der Waals surface area contributed by atoms with Crippen molar-refractivity contribution in [1.82, 2.24) is 4.90 Å². The highest BCUT2D eigenvalue weighted by Crippen LogP contribution is 2.30. The van der Waals surface area contributed by atoms with Gasteiger partial charge in [0.15, 0.2) is 0 Å². The molecule has 1 aromatic carbocycles. The van der Waals surface area contributed by atoms with Crippen LogP contribution in [0, 0.1) is 5.92 Å². The van der Waals surface area contributed by atoms with E-state index in [9.17, 15) is 0 Å². The summed E-state index contributed by atoms with van der Waals surface area (Å²) in [6.07, 6.45) is 3.47. The SMILES string of the molecule is CCC(C)CC(CC)(CN)N(C)Cc1ccccc1Br. The Morgan fingerprint density at radius 1 is 1.30 bits per heavy atom. The highest BCUT2D eigenvalue weighted by Gasteiger charge is 2.32. The third-order valence-electron chi connectivity index (χ3n) is 4.64. The highest BCUT2D eigenvalue weighted by atomic mass is 79.9. The maximum atomic E-state index is 6.16. The van der Waals surface area contributed by atoms with E-state index in [1.165, 1.54) is 16.5 Å². The summed E-state index contributed by atoms with van der Waals surface area (Å²) in [4.78, 5) is 2.44. The summed E-state index contributed by atoms with van der Waals surface area (Å²) in [5.74, 6) is 0.708. The van der Waals surface area contributed by atoms with Gasteiger partial charge in [0.05, 0.1) is 0 Å². The standard InChI is InChI=1S/C17H29BrN2/c1-5-14(3)11-17(6-2,13-19)20(4)12-15-9-7-8-10-16(15)18/h7-10,14H,5-6,11-13,19H2,1-4H3. The molecule has 2 atom stereocenters. The van der Waals surface area contributed by atoms with Gasteiger partial charge in [0, 0.05) is 23.1 Å². The minimum absolute atomic E-state index is 0.102. The molecule has 0 saturated heterocycles. The first-order valence-electron chi connectivity index (χ1n) is 7.63. The quantitative estimate of drug-likeness (QED) is 0.758.